The molecule has 1 saturated heterocycles. The van der Waals surface area contributed by atoms with Crippen molar-refractivity contribution < 1.29 is 18.0 Å². The van der Waals surface area contributed by atoms with Gasteiger partial charge in [-0.05, 0) is 24.6 Å². The number of hydrogen-bond acceptors (Lipinski definition) is 5. The Morgan fingerprint density at radius 2 is 2.17 bits per heavy atom. The van der Waals surface area contributed by atoms with E-state index in [0.717, 1.165) is 12.1 Å². The van der Waals surface area contributed by atoms with Crippen molar-refractivity contribution in [1.82, 2.24) is 21.5 Å². The highest BCUT2D eigenvalue weighted by Gasteiger charge is 2.37. The molecule has 1 fully saturated rings. The molecule has 1 amide bonds. The van der Waals surface area contributed by atoms with Crippen molar-refractivity contribution in [2.24, 2.45) is 10.9 Å². The molecule has 2 aliphatic heterocycles. The van der Waals surface area contributed by atoms with Crippen molar-refractivity contribution in [3.05, 3.63) is 35.4 Å². The van der Waals surface area contributed by atoms with E-state index in [1.165, 1.54) is 6.07 Å². The first kappa shape index (κ1) is 15.8. The number of hydrogen-bond donors (Lipinski definition) is 4. The highest BCUT2D eigenvalue weighted by Crippen LogP contribution is 2.30. The highest BCUT2D eigenvalue weighted by atomic mass is 19.4. The molecule has 3 unspecified atom stereocenters. The number of benzene rings is 1. The van der Waals surface area contributed by atoms with Gasteiger partial charge in [-0.15, -0.1) is 0 Å². The van der Waals surface area contributed by atoms with Gasteiger partial charge in [0.05, 0.1) is 17.5 Å². The Labute approximate surface area is 130 Å². The van der Waals surface area contributed by atoms with E-state index < -0.39 is 17.8 Å². The van der Waals surface area contributed by atoms with Crippen LogP contribution in [0.3, 0.4) is 0 Å². The summed E-state index contributed by atoms with van der Waals surface area (Å²) in [6.07, 6.45) is -4.76. The molecule has 9 heteroatoms. The van der Waals surface area contributed by atoms with Crippen LogP contribution in [-0.4, -0.2) is 24.6 Å². The van der Waals surface area contributed by atoms with Gasteiger partial charge in [0, 0.05) is 6.54 Å². The second-order valence-corrected chi connectivity index (χ2v) is 5.53. The van der Waals surface area contributed by atoms with Crippen LogP contribution in [0.15, 0.2) is 29.3 Å². The Balaban J connectivity index is 1.74. The van der Waals surface area contributed by atoms with Crippen molar-refractivity contribution in [2.75, 3.05) is 6.54 Å². The fraction of sp³-hybridized carbons (Fsp3) is 0.429. The number of halogens is 3. The molecule has 2 aliphatic rings. The first-order valence-electron chi connectivity index (χ1n) is 7.15. The molecule has 0 aliphatic carbocycles. The Kier molecular flexibility index (Phi) is 3.99. The van der Waals surface area contributed by atoms with E-state index in [4.69, 9.17) is 0 Å². The minimum atomic E-state index is -4.39. The summed E-state index contributed by atoms with van der Waals surface area (Å²) >= 11 is 0. The summed E-state index contributed by atoms with van der Waals surface area (Å²) in [5.74, 6) is -0.219. The second-order valence-electron chi connectivity index (χ2n) is 5.53. The summed E-state index contributed by atoms with van der Waals surface area (Å²) in [5.41, 5.74) is 5.47. The molecule has 6 nitrogen and oxygen atoms in total. The van der Waals surface area contributed by atoms with Gasteiger partial charge in [0.2, 0.25) is 5.91 Å². The molecule has 1 aromatic carbocycles. The quantitative estimate of drug-likeness (QED) is 0.651. The predicted octanol–water partition coefficient (Wildman–Crippen LogP) is 0.892. The minimum absolute atomic E-state index is 0.179. The third-order valence-corrected chi connectivity index (χ3v) is 3.87. The molecule has 0 radical (unpaired) electrons. The molecular formula is C14H16F3N5O. The summed E-state index contributed by atoms with van der Waals surface area (Å²) in [4.78, 5) is 16.2. The van der Waals surface area contributed by atoms with Gasteiger partial charge < -0.3 is 5.32 Å². The molecule has 1 aromatic rings. The number of amides is 1. The molecule has 0 spiro atoms. The predicted molar refractivity (Wildman–Crippen MR) is 77.0 cm³/mol. The van der Waals surface area contributed by atoms with Crippen molar-refractivity contribution in [3.63, 3.8) is 0 Å². The first-order chi connectivity index (χ1) is 10.8. The Bertz CT molecular complexity index is 646. The second kappa shape index (κ2) is 5.82. The van der Waals surface area contributed by atoms with Gasteiger partial charge in [0.15, 0.2) is 5.96 Å². The Morgan fingerprint density at radius 3 is 2.91 bits per heavy atom. The van der Waals surface area contributed by atoms with Crippen LogP contribution < -0.4 is 21.5 Å². The van der Waals surface area contributed by atoms with Crippen LogP contribution in [0.1, 0.15) is 24.1 Å². The SMILES string of the molecule is CC(NC1=NC2NNCC2C(=O)N1)c1cccc(C(F)(F)F)c1. The fourth-order valence-corrected chi connectivity index (χ4v) is 2.57. The Hall–Kier alpha value is -2.13. The van der Waals surface area contributed by atoms with Crippen LogP contribution in [0.25, 0.3) is 0 Å². The van der Waals surface area contributed by atoms with Crippen LogP contribution in [0, 0.1) is 5.92 Å². The molecule has 124 valence electrons. The topological polar surface area (TPSA) is 77.6 Å². The van der Waals surface area contributed by atoms with Gasteiger partial charge in [-0.25, -0.2) is 10.4 Å². The number of hydrazine groups is 1. The number of rotatable bonds is 2. The molecule has 3 rings (SSSR count). The van der Waals surface area contributed by atoms with Gasteiger partial charge >= 0.3 is 6.18 Å². The summed E-state index contributed by atoms with van der Waals surface area (Å²) in [7, 11) is 0. The molecule has 2 heterocycles. The number of carbonyl (C=O) groups is 1. The van der Waals surface area contributed by atoms with Crippen LogP contribution in [0.4, 0.5) is 13.2 Å². The summed E-state index contributed by atoms with van der Waals surface area (Å²) in [5, 5.41) is 5.57. The van der Waals surface area contributed by atoms with Crippen LogP contribution in [0.2, 0.25) is 0 Å². The number of alkyl halides is 3. The maximum atomic E-state index is 12.8. The van der Waals surface area contributed by atoms with Crippen molar-refractivity contribution >= 4 is 11.9 Å². The van der Waals surface area contributed by atoms with Crippen molar-refractivity contribution in [3.8, 4) is 0 Å². The average Bonchev–Trinajstić information content (AvgIpc) is 2.95. The van der Waals surface area contributed by atoms with E-state index in [-0.39, 0.29) is 24.0 Å². The average molecular weight is 327 g/mol. The summed E-state index contributed by atoms with van der Waals surface area (Å²) < 4.78 is 38.3. The van der Waals surface area contributed by atoms with Crippen LogP contribution in [-0.2, 0) is 11.0 Å². The lowest BCUT2D eigenvalue weighted by atomic mass is 10.0. The van der Waals surface area contributed by atoms with Gasteiger partial charge in [-0.3, -0.25) is 15.5 Å². The third kappa shape index (κ3) is 3.30. The fourth-order valence-electron chi connectivity index (χ4n) is 2.57. The zero-order valence-electron chi connectivity index (χ0n) is 12.2. The lowest BCUT2D eigenvalue weighted by Crippen LogP contribution is -2.52. The number of aliphatic imine (C=N–C) groups is 1. The van der Waals surface area contributed by atoms with E-state index >= 15 is 0 Å². The molecule has 0 aromatic heterocycles. The number of carbonyl (C=O) groups excluding carboxylic acids is 1. The Morgan fingerprint density at radius 1 is 1.39 bits per heavy atom. The number of nitrogens with zero attached hydrogens (tertiary/aromatic N) is 1. The van der Waals surface area contributed by atoms with E-state index in [9.17, 15) is 18.0 Å². The summed E-state index contributed by atoms with van der Waals surface area (Å²) in [6, 6.07) is 4.62. The van der Waals surface area contributed by atoms with E-state index in [1.807, 2.05) is 0 Å². The number of guanidine groups is 1. The normalized spacial score (nSPS) is 25.4. The smallest absolute Gasteiger partial charge is 0.349 e. The van der Waals surface area contributed by atoms with Gasteiger partial charge in [0.25, 0.3) is 0 Å². The zero-order chi connectivity index (χ0) is 16.6. The van der Waals surface area contributed by atoms with E-state index in [1.54, 1.807) is 13.0 Å². The van der Waals surface area contributed by atoms with Crippen molar-refractivity contribution in [1.29, 1.82) is 0 Å². The lowest BCUT2D eigenvalue weighted by Gasteiger charge is -2.25. The maximum Gasteiger partial charge on any atom is 0.416 e. The minimum Gasteiger partial charge on any atom is -0.349 e. The van der Waals surface area contributed by atoms with E-state index in [0.29, 0.717) is 12.1 Å². The maximum absolute atomic E-state index is 12.8. The molecular weight excluding hydrogens is 311 g/mol. The largest absolute Gasteiger partial charge is 0.416 e. The van der Waals surface area contributed by atoms with Crippen molar-refractivity contribution in [2.45, 2.75) is 25.3 Å². The molecule has 23 heavy (non-hydrogen) atoms. The summed E-state index contributed by atoms with van der Waals surface area (Å²) in [6.45, 7) is 2.19. The van der Waals surface area contributed by atoms with Gasteiger partial charge in [-0.2, -0.15) is 13.2 Å². The van der Waals surface area contributed by atoms with Gasteiger partial charge in [-0.1, -0.05) is 12.1 Å². The monoisotopic (exact) mass is 327 g/mol. The standard InChI is InChI=1S/C14H16F3N5O/c1-7(8-3-2-4-9(5-8)14(15,16)17)19-13-20-11-10(6-18-22-11)12(23)21-13/h2-5,7,10-11,18,22H,6H2,1H3,(H2,19,20,21,23). The molecule has 4 N–H and O–H groups in total. The zero-order valence-corrected chi connectivity index (χ0v) is 12.2. The lowest BCUT2D eigenvalue weighted by molar-refractivity contribution is -0.137. The van der Waals surface area contributed by atoms with Crippen LogP contribution >= 0.6 is 0 Å². The third-order valence-electron chi connectivity index (χ3n) is 3.87. The first-order valence-corrected chi connectivity index (χ1v) is 7.15. The molecule has 3 atom stereocenters. The van der Waals surface area contributed by atoms with Gasteiger partial charge in [0.1, 0.15) is 6.17 Å². The number of nitrogens with one attached hydrogen (secondary N) is 4. The molecule has 0 saturated carbocycles. The highest BCUT2D eigenvalue weighted by molar-refractivity contribution is 6.00. The van der Waals surface area contributed by atoms with Crippen LogP contribution in [0.5, 0.6) is 0 Å². The number of fused-ring (bicyclic) bond motifs is 1. The molecule has 0 bridgehead atoms. The van der Waals surface area contributed by atoms with E-state index in [2.05, 4.69) is 26.5 Å².